The highest BCUT2D eigenvalue weighted by Crippen LogP contribution is 2.47. The van der Waals surface area contributed by atoms with E-state index in [1.54, 1.807) is 0 Å². The van der Waals surface area contributed by atoms with Crippen LogP contribution in [0, 0.1) is 0 Å². The largest absolute Gasteiger partial charge is 0.309 e. The molecule has 1 nitrogen and oxygen atoms in total. The fraction of sp³-hybridized carbons (Fsp3) is 0.0303. The molecule has 0 aliphatic carbocycles. The summed E-state index contributed by atoms with van der Waals surface area (Å²) in [7, 11) is 0. The lowest BCUT2D eigenvalue weighted by Gasteiger charge is -2.10. The maximum absolute atomic E-state index is 2.45. The van der Waals surface area contributed by atoms with Crippen LogP contribution in [-0.4, -0.2) is 4.57 Å². The number of para-hydroxylation sites is 2. The van der Waals surface area contributed by atoms with Gasteiger partial charge in [0.2, 0.25) is 0 Å². The summed E-state index contributed by atoms with van der Waals surface area (Å²) in [5, 5.41) is 5.25. The van der Waals surface area contributed by atoms with Gasteiger partial charge in [-0.15, -0.1) is 11.3 Å². The molecule has 0 unspecified atom stereocenters. The number of aromatic nitrogens is 1. The molecule has 0 atom stereocenters. The Labute approximate surface area is 208 Å². The topological polar surface area (TPSA) is 4.93 Å². The van der Waals surface area contributed by atoms with E-state index >= 15 is 0 Å². The number of hydrogen-bond donors (Lipinski definition) is 0. The van der Waals surface area contributed by atoms with Gasteiger partial charge in [-0.2, -0.15) is 0 Å². The van der Waals surface area contributed by atoms with Crippen molar-refractivity contribution >= 4 is 59.4 Å². The van der Waals surface area contributed by atoms with Crippen molar-refractivity contribution in [3.05, 3.63) is 121 Å². The highest BCUT2D eigenvalue weighted by molar-refractivity contribution is 7.26. The molecule has 2 heterocycles. The molecule has 0 spiro atoms. The zero-order valence-electron chi connectivity index (χ0n) is 19.4. The summed E-state index contributed by atoms with van der Waals surface area (Å²) >= 11 is 1.91. The first-order chi connectivity index (χ1) is 17.3. The Morgan fingerprint density at radius 2 is 1.37 bits per heavy atom. The Morgan fingerprint density at radius 1 is 0.657 bits per heavy atom. The van der Waals surface area contributed by atoms with Crippen LogP contribution in [0.2, 0.25) is 0 Å². The molecule has 35 heavy (non-hydrogen) atoms. The van der Waals surface area contributed by atoms with Crippen LogP contribution in [0.25, 0.3) is 64.9 Å². The molecular formula is C33H23NS. The van der Waals surface area contributed by atoms with Crippen LogP contribution >= 0.6 is 11.3 Å². The molecule has 7 aromatic rings. The number of benzene rings is 5. The van der Waals surface area contributed by atoms with E-state index < -0.39 is 0 Å². The van der Waals surface area contributed by atoms with Crippen LogP contribution in [0.5, 0.6) is 0 Å². The molecule has 0 bridgehead atoms. The second kappa shape index (κ2) is 7.97. The standard InChI is InChI=1S/C33H23NS/c1-2-12-23-21-28-26-17-9-10-20-29(26)34(24-15-7-4-8-16-24)31(28)30-27-19-11-18-25(33(27)35-32(23)30)22-13-5-3-6-14-22/h2-21H,1H3/b12-2+. The molecule has 0 aliphatic rings. The minimum atomic E-state index is 1.19. The van der Waals surface area contributed by atoms with Gasteiger partial charge in [-0.25, -0.2) is 0 Å². The van der Waals surface area contributed by atoms with Crippen molar-refractivity contribution in [2.75, 3.05) is 0 Å². The Hall–Kier alpha value is -4.14. The molecule has 5 aromatic carbocycles. The lowest BCUT2D eigenvalue weighted by Crippen LogP contribution is -1.93. The molecule has 0 saturated heterocycles. The van der Waals surface area contributed by atoms with Crippen molar-refractivity contribution < 1.29 is 0 Å². The molecule has 166 valence electrons. The minimum absolute atomic E-state index is 1.19. The lowest BCUT2D eigenvalue weighted by atomic mass is 10.00. The summed E-state index contributed by atoms with van der Waals surface area (Å²) in [5.74, 6) is 0. The Kier molecular flexibility index (Phi) is 4.61. The monoisotopic (exact) mass is 465 g/mol. The maximum atomic E-state index is 2.45. The smallest absolute Gasteiger partial charge is 0.0634 e. The summed E-state index contributed by atoms with van der Waals surface area (Å²) in [6.07, 6.45) is 4.41. The van der Waals surface area contributed by atoms with Crippen LogP contribution in [0.4, 0.5) is 0 Å². The zero-order chi connectivity index (χ0) is 23.4. The number of fused-ring (bicyclic) bond motifs is 7. The third-order valence-corrected chi connectivity index (χ3v) is 8.16. The van der Waals surface area contributed by atoms with E-state index in [2.05, 4.69) is 133 Å². The van der Waals surface area contributed by atoms with Gasteiger partial charge in [0, 0.05) is 36.6 Å². The number of hydrogen-bond acceptors (Lipinski definition) is 1. The fourth-order valence-electron chi connectivity index (χ4n) is 5.43. The molecule has 0 aliphatic heterocycles. The van der Waals surface area contributed by atoms with Crippen molar-refractivity contribution in [3.8, 4) is 16.8 Å². The first-order valence-corrected chi connectivity index (χ1v) is 12.8. The molecule has 0 saturated carbocycles. The SMILES string of the molecule is C/C=C/c1cc2c3ccccc3n(-c3ccccc3)c2c2c1sc1c(-c3ccccc3)cccc12. The Morgan fingerprint density at radius 3 is 2.17 bits per heavy atom. The van der Waals surface area contributed by atoms with Crippen molar-refractivity contribution in [1.29, 1.82) is 0 Å². The van der Waals surface area contributed by atoms with Gasteiger partial charge in [0.05, 0.1) is 11.0 Å². The predicted octanol–water partition coefficient (Wildman–Crippen LogP) is 9.85. The van der Waals surface area contributed by atoms with Crippen LogP contribution in [0.1, 0.15) is 12.5 Å². The van der Waals surface area contributed by atoms with E-state index in [1.807, 2.05) is 11.3 Å². The van der Waals surface area contributed by atoms with Gasteiger partial charge in [-0.3, -0.25) is 0 Å². The number of nitrogens with zero attached hydrogens (tertiary/aromatic N) is 1. The van der Waals surface area contributed by atoms with E-state index in [9.17, 15) is 0 Å². The predicted molar refractivity (Wildman–Crippen MR) is 154 cm³/mol. The van der Waals surface area contributed by atoms with Gasteiger partial charge in [-0.1, -0.05) is 97.1 Å². The Bertz CT molecular complexity index is 1890. The quantitative estimate of drug-likeness (QED) is 0.245. The van der Waals surface area contributed by atoms with Gasteiger partial charge >= 0.3 is 0 Å². The third-order valence-electron chi connectivity index (χ3n) is 6.87. The summed E-state index contributed by atoms with van der Waals surface area (Å²) in [6, 6.07) is 39.4. The van der Waals surface area contributed by atoms with E-state index in [-0.39, 0.29) is 0 Å². The van der Waals surface area contributed by atoms with Gasteiger partial charge in [-0.05, 0) is 47.9 Å². The molecule has 0 radical (unpaired) electrons. The second-order valence-electron chi connectivity index (χ2n) is 8.90. The second-order valence-corrected chi connectivity index (χ2v) is 9.93. The van der Waals surface area contributed by atoms with E-state index in [0.717, 1.165) is 0 Å². The summed E-state index contributed by atoms with van der Waals surface area (Å²) in [4.78, 5) is 0. The van der Waals surface area contributed by atoms with Crippen molar-refractivity contribution in [3.63, 3.8) is 0 Å². The molecular weight excluding hydrogens is 442 g/mol. The summed E-state index contributed by atoms with van der Waals surface area (Å²) in [6.45, 7) is 2.10. The van der Waals surface area contributed by atoms with Crippen molar-refractivity contribution in [2.24, 2.45) is 0 Å². The van der Waals surface area contributed by atoms with Gasteiger partial charge in [0.1, 0.15) is 0 Å². The number of thiophene rings is 1. The average Bonchev–Trinajstić information content (AvgIpc) is 3.46. The van der Waals surface area contributed by atoms with Crippen molar-refractivity contribution in [1.82, 2.24) is 4.57 Å². The normalized spacial score (nSPS) is 12.0. The van der Waals surface area contributed by atoms with Gasteiger partial charge < -0.3 is 4.57 Å². The molecule has 2 heteroatoms. The minimum Gasteiger partial charge on any atom is -0.309 e. The molecule has 7 rings (SSSR count). The van der Waals surface area contributed by atoms with E-state index in [0.29, 0.717) is 0 Å². The van der Waals surface area contributed by atoms with Crippen molar-refractivity contribution in [2.45, 2.75) is 6.92 Å². The fourth-order valence-corrected chi connectivity index (χ4v) is 6.76. The summed E-state index contributed by atoms with van der Waals surface area (Å²) in [5.41, 5.74) is 7.56. The Balaban J connectivity index is 1.75. The highest BCUT2D eigenvalue weighted by atomic mass is 32.1. The van der Waals surface area contributed by atoms with Crippen LogP contribution < -0.4 is 0 Å². The van der Waals surface area contributed by atoms with Crippen LogP contribution in [0.15, 0.2) is 115 Å². The molecule has 2 aromatic heterocycles. The van der Waals surface area contributed by atoms with E-state index in [4.69, 9.17) is 0 Å². The number of allylic oxidation sites excluding steroid dienone is 1. The summed E-state index contributed by atoms with van der Waals surface area (Å²) < 4.78 is 5.14. The van der Waals surface area contributed by atoms with Gasteiger partial charge in [0.15, 0.2) is 0 Å². The zero-order valence-corrected chi connectivity index (χ0v) is 20.2. The first-order valence-electron chi connectivity index (χ1n) is 12.0. The number of rotatable bonds is 3. The first kappa shape index (κ1) is 20.3. The maximum Gasteiger partial charge on any atom is 0.0634 e. The van der Waals surface area contributed by atoms with Crippen LogP contribution in [0.3, 0.4) is 0 Å². The molecule has 0 fully saturated rings. The van der Waals surface area contributed by atoms with Crippen LogP contribution in [-0.2, 0) is 0 Å². The third kappa shape index (κ3) is 3.00. The average molecular weight is 466 g/mol. The molecule has 0 N–H and O–H groups in total. The molecule has 0 amide bonds. The van der Waals surface area contributed by atoms with Gasteiger partial charge in [0.25, 0.3) is 0 Å². The lowest BCUT2D eigenvalue weighted by molar-refractivity contribution is 1.19. The highest BCUT2D eigenvalue weighted by Gasteiger charge is 2.21. The van der Waals surface area contributed by atoms with E-state index in [1.165, 1.54) is 64.4 Å².